The zero-order chi connectivity index (χ0) is 29.0. The molecule has 220 valence electrons. The number of benzene rings is 1. The van der Waals surface area contributed by atoms with Gasteiger partial charge in [-0.3, -0.25) is 19.3 Å². The molecular formula is C34H49NO4S. The standard InChI is InChI=1S/C34H49NO4S/c1-4-29(15-9-6-10-16-30(5-2)31-17-11-7-12-18-31)27-28(3)22-25-40-26-24-39-34(38)19-13-8-14-23-35-32(36)20-21-33(35)37/h4,6-7,10-12,17-18,20-21,28-30H,1,5,8-9,13-16,19,22-27H2,2-3H3/b10-6+. The second kappa shape index (κ2) is 20.3. The summed E-state index contributed by atoms with van der Waals surface area (Å²) in [5.74, 6) is 3.02. The molecule has 1 aliphatic heterocycles. The summed E-state index contributed by atoms with van der Waals surface area (Å²) in [6, 6.07) is 10.8. The van der Waals surface area contributed by atoms with Crippen molar-refractivity contribution in [1.82, 2.24) is 4.90 Å². The number of imide groups is 1. The first-order valence-electron chi connectivity index (χ1n) is 15.0. The number of esters is 1. The second-order valence-corrected chi connectivity index (χ2v) is 12.0. The van der Waals surface area contributed by atoms with E-state index in [0.717, 1.165) is 50.0 Å². The van der Waals surface area contributed by atoms with Crippen LogP contribution in [0.15, 0.2) is 67.3 Å². The maximum Gasteiger partial charge on any atom is 0.305 e. The molecule has 2 amide bonds. The van der Waals surface area contributed by atoms with Gasteiger partial charge in [-0.1, -0.05) is 68.8 Å². The highest BCUT2D eigenvalue weighted by atomic mass is 32.2. The molecular weight excluding hydrogens is 518 g/mol. The van der Waals surface area contributed by atoms with Crippen molar-refractivity contribution in [3.05, 3.63) is 72.9 Å². The molecule has 1 aromatic rings. The van der Waals surface area contributed by atoms with Crippen LogP contribution < -0.4 is 0 Å². The van der Waals surface area contributed by atoms with E-state index in [0.29, 0.717) is 50.2 Å². The van der Waals surface area contributed by atoms with Crippen LogP contribution in [-0.2, 0) is 19.1 Å². The van der Waals surface area contributed by atoms with Crippen LogP contribution in [0.25, 0.3) is 0 Å². The first-order chi connectivity index (χ1) is 19.4. The number of carbonyl (C=O) groups excluding carboxylic acids is 3. The fraction of sp³-hybridized carbons (Fsp3) is 0.559. The Bertz CT molecular complexity index is 940. The molecule has 0 aliphatic carbocycles. The van der Waals surface area contributed by atoms with Gasteiger partial charge in [0.05, 0.1) is 0 Å². The molecule has 2 rings (SSSR count). The van der Waals surface area contributed by atoms with Crippen LogP contribution >= 0.6 is 11.8 Å². The van der Waals surface area contributed by atoms with E-state index < -0.39 is 0 Å². The Hall–Kier alpha value is -2.60. The van der Waals surface area contributed by atoms with Crippen LogP contribution in [0, 0.1) is 11.8 Å². The Labute approximate surface area is 246 Å². The van der Waals surface area contributed by atoms with Crippen molar-refractivity contribution >= 4 is 29.5 Å². The minimum Gasteiger partial charge on any atom is -0.465 e. The number of rotatable bonds is 22. The van der Waals surface area contributed by atoms with Crippen molar-refractivity contribution < 1.29 is 19.1 Å². The summed E-state index contributed by atoms with van der Waals surface area (Å²) < 4.78 is 5.35. The van der Waals surface area contributed by atoms with Gasteiger partial charge in [0.25, 0.3) is 11.8 Å². The van der Waals surface area contributed by atoms with Crippen LogP contribution in [0.2, 0.25) is 0 Å². The van der Waals surface area contributed by atoms with E-state index in [2.05, 4.69) is 69.0 Å². The third-order valence-electron chi connectivity index (χ3n) is 7.50. The van der Waals surface area contributed by atoms with E-state index in [1.54, 1.807) is 0 Å². The third kappa shape index (κ3) is 13.6. The van der Waals surface area contributed by atoms with Crippen molar-refractivity contribution in [1.29, 1.82) is 0 Å². The first-order valence-corrected chi connectivity index (χ1v) is 16.2. The molecule has 1 aliphatic rings. The molecule has 0 fully saturated rings. The summed E-state index contributed by atoms with van der Waals surface area (Å²) >= 11 is 1.84. The Morgan fingerprint density at radius 2 is 1.77 bits per heavy atom. The van der Waals surface area contributed by atoms with E-state index in [9.17, 15) is 14.4 Å². The number of amides is 2. The maximum absolute atomic E-state index is 11.9. The molecule has 0 saturated heterocycles. The molecule has 3 unspecified atom stereocenters. The van der Waals surface area contributed by atoms with Gasteiger partial charge in [0.15, 0.2) is 0 Å². The number of allylic oxidation sites excluding steroid dienone is 3. The molecule has 0 radical (unpaired) electrons. The quantitative estimate of drug-likeness (QED) is 0.0617. The van der Waals surface area contributed by atoms with Gasteiger partial charge in [0, 0.05) is 30.9 Å². The van der Waals surface area contributed by atoms with Crippen molar-refractivity contribution in [2.45, 2.75) is 84.0 Å². The Balaban J connectivity index is 1.45. The zero-order valence-corrected chi connectivity index (χ0v) is 25.4. The molecule has 6 heteroatoms. The third-order valence-corrected chi connectivity index (χ3v) is 8.48. The van der Waals surface area contributed by atoms with Crippen LogP contribution in [0.3, 0.4) is 0 Å². The lowest BCUT2D eigenvalue weighted by Gasteiger charge is -2.17. The van der Waals surface area contributed by atoms with Crippen molar-refractivity contribution in [3.8, 4) is 0 Å². The van der Waals surface area contributed by atoms with E-state index in [1.165, 1.54) is 29.0 Å². The van der Waals surface area contributed by atoms with Crippen LogP contribution in [-0.4, -0.2) is 47.3 Å². The van der Waals surface area contributed by atoms with Gasteiger partial charge >= 0.3 is 5.97 Å². The Kier molecular flexibility index (Phi) is 17.1. The van der Waals surface area contributed by atoms with Crippen molar-refractivity contribution in [3.63, 3.8) is 0 Å². The molecule has 0 spiro atoms. The highest BCUT2D eigenvalue weighted by Gasteiger charge is 2.22. The SMILES string of the molecule is C=CC(CC/C=C/CC(CC)c1ccccc1)CC(C)CCSCCOC(=O)CCCCCN1C(=O)C=CC1=O. The lowest BCUT2D eigenvalue weighted by Crippen LogP contribution is -2.30. The largest absolute Gasteiger partial charge is 0.465 e. The van der Waals surface area contributed by atoms with Gasteiger partial charge in [-0.25, -0.2) is 0 Å². The van der Waals surface area contributed by atoms with E-state index >= 15 is 0 Å². The molecule has 1 heterocycles. The minimum absolute atomic E-state index is 0.169. The first kappa shape index (κ1) is 33.6. The van der Waals surface area contributed by atoms with Crippen molar-refractivity contribution in [2.75, 3.05) is 24.7 Å². The molecule has 0 aromatic heterocycles. The minimum atomic E-state index is -0.250. The van der Waals surface area contributed by atoms with Gasteiger partial charge in [-0.05, 0) is 80.4 Å². The van der Waals surface area contributed by atoms with E-state index in [-0.39, 0.29) is 17.8 Å². The summed E-state index contributed by atoms with van der Waals surface area (Å²) in [5, 5.41) is 0. The molecule has 0 bridgehead atoms. The summed E-state index contributed by atoms with van der Waals surface area (Å²) in [4.78, 5) is 36.2. The van der Waals surface area contributed by atoms with Crippen LogP contribution in [0.4, 0.5) is 0 Å². The molecule has 5 nitrogen and oxygen atoms in total. The number of ether oxygens (including phenoxy) is 1. The average Bonchev–Trinajstić information content (AvgIpc) is 3.28. The number of hydrogen-bond acceptors (Lipinski definition) is 5. The molecule has 0 saturated carbocycles. The van der Waals surface area contributed by atoms with Crippen LogP contribution in [0.5, 0.6) is 0 Å². The van der Waals surface area contributed by atoms with Gasteiger partial charge in [-0.2, -0.15) is 11.8 Å². The maximum atomic E-state index is 11.9. The number of hydrogen-bond donors (Lipinski definition) is 0. The normalized spacial score (nSPS) is 15.5. The van der Waals surface area contributed by atoms with E-state index in [1.807, 2.05) is 11.8 Å². The molecule has 3 atom stereocenters. The molecule has 40 heavy (non-hydrogen) atoms. The highest BCUT2D eigenvalue weighted by molar-refractivity contribution is 7.99. The van der Waals surface area contributed by atoms with Gasteiger partial charge < -0.3 is 4.74 Å². The van der Waals surface area contributed by atoms with Gasteiger partial charge in [0.1, 0.15) is 6.61 Å². The number of carbonyl (C=O) groups is 3. The Morgan fingerprint density at radius 1 is 1.02 bits per heavy atom. The summed E-state index contributed by atoms with van der Waals surface area (Å²) in [6.07, 6.45) is 18.9. The number of unbranched alkanes of at least 4 members (excludes halogenated alkanes) is 2. The van der Waals surface area contributed by atoms with Gasteiger partial charge in [-0.15, -0.1) is 6.58 Å². The number of thioether (sulfide) groups is 1. The fourth-order valence-electron chi connectivity index (χ4n) is 4.96. The van der Waals surface area contributed by atoms with Crippen LogP contribution in [0.1, 0.15) is 89.5 Å². The van der Waals surface area contributed by atoms with Gasteiger partial charge in [0.2, 0.25) is 0 Å². The molecule has 1 aromatic carbocycles. The number of nitrogens with zero attached hydrogens (tertiary/aromatic N) is 1. The summed E-state index contributed by atoms with van der Waals surface area (Å²) in [5.41, 5.74) is 1.43. The molecule has 0 N–H and O–H groups in total. The average molecular weight is 568 g/mol. The summed E-state index contributed by atoms with van der Waals surface area (Å²) in [7, 11) is 0. The second-order valence-electron chi connectivity index (χ2n) is 10.7. The smallest absolute Gasteiger partial charge is 0.305 e. The monoisotopic (exact) mass is 567 g/mol. The lowest BCUT2D eigenvalue weighted by atomic mass is 9.90. The predicted octanol–water partition coefficient (Wildman–Crippen LogP) is 7.89. The zero-order valence-electron chi connectivity index (χ0n) is 24.6. The lowest BCUT2D eigenvalue weighted by molar-refractivity contribution is -0.143. The fourth-order valence-corrected chi connectivity index (χ4v) is 5.93. The highest BCUT2D eigenvalue weighted by Crippen LogP contribution is 2.25. The van der Waals surface area contributed by atoms with Crippen molar-refractivity contribution in [2.24, 2.45) is 11.8 Å². The summed E-state index contributed by atoms with van der Waals surface area (Å²) in [6.45, 7) is 9.53. The topological polar surface area (TPSA) is 63.7 Å². The Morgan fingerprint density at radius 3 is 2.48 bits per heavy atom. The van der Waals surface area contributed by atoms with E-state index in [4.69, 9.17) is 4.74 Å². The predicted molar refractivity (Wildman–Crippen MR) is 167 cm³/mol.